The van der Waals surface area contributed by atoms with Gasteiger partial charge in [-0.25, -0.2) is 52.8 Å². The van der Waals surface area contributed by atoms with E-state index in [1.807, 2.05) is 98.8 Å². The number of carbonyl (C=O) groups excluding carboxylic acids is 1. The van der Waals surface area contributed by atoms with Crippen LogP contribution in [0.5, 0.6) is 0 Å². The molecule has 20 rings (SSSR count). The number of pyridine rings is 2. The summed E-state index contributed by atoms with van der Waals surface area (Å²) < 4.78 is 42.4. The van der Waals surface area contributed by atoms with Crippen molar-refractivity contribution in [3.63, 3.8) is 0 Å². The van der Waals surface area contributed by atoms with Gasteiger partial charge in [0.25, 0.3) is 5.89 Å². The van der Waals surface area contributed by atoms with Crippen LogP contribution < -0.4 is 0 Å². The predicted octanol–water partition coefficient (Wildman–Crippen LogP) is 29.1. The standard InChI is InChI=1S/C16H16FN3.C16H18FNS.C14H19N.C14H20O.C13H17N3S.C12H18N2O.C12H16N2.C9H12N4O2.C9H12N4/c1-16(2,3)15-18-8-7-13(20-15)14-9-10-11(17)5-4-6-12(10)19-14;1-10(2)13-4-3-5-14-15(13)19-16(18-14)11-6-8-12(17)9-7-11;1-5-11-6-8-15-9-7-12(13(15)10-11)14(2,3)4;1-14(2,3)12-9-8-10-6-4-5-7-11(10)13(12)15;1-8-15-10(11-7-14-9(2)17-11)6-12(16-8)13(3,4)5;1-12(2,3)11-7-8-14(13-11)9-5-4-6-10(9)15;1-9-5-6-11-10(12(2,3)4)7-13-14(11)8-9;1-5-10-8(14-11-5)6-7(9(2,3)4)13-15-12-6;1-9(2,3)7-6-4-12-13-8(6)11-5-10-7/h4-9,19H,1-3H3;6-10,13H,3-5H2,1-2H3;6-10H,5H2,1-4H3;4-7,12-13,15H,8-9H2,1-3H3;6-7H,1-5H3;7-9H,4-6H2,1-3H3;5-8H,1-4H3;1-4H3;4-5,7H,1-3H3. The molecular formula is C115H148F2N20O4S2. The molecule has 0 amide bonds. The molecule has 5 unspecified atom stereocenters. The second-order valence-corrected chi connectivity index (χ2v) is 48.5. The predicted molar refractivity (Wildman–Crippen MR) is 576 cm³/mol. The lowest BCUT2D eigenvalue weighted by Gasteiger charge is -2.38. The van der Waals surface area contributed by atoms with E-state index in [0.717, 1.165) is 128 Å². The van der Waals surface area contributed by atoms with Crippen LogP contribution in [0.25, 0.3) is 66.1 Å². The maximum absolute atomic E-state index is 13.7. The zero-order valence-electron chi connectivity index (χ0n) is 89.8. The topological polar surface area (TPSA) is 297 Å². The molecular weight excluding hydrogens is 1830 g/mol. The van der Waals surface area contributed by atoms with E-state index in [2.05, 4.69) is 331 Å². The zero-order valence-corrected chi connectivity index (χ0v) is 91.4. The number of nitrogens with one attached hydrogen (secondary N) is 1. The van der Waals surface area contributed by atoms with Crippen LogP contribution in [0.4, 0.5) is 8.78 Å². The van der Waals surface area contributed by atoms with Crippen molar-refractivity contribution in [3.05, 3.63) is 272 Å². The Bertz CT molecular complexity index is 6950. The molecule has 0 radical (unpaired) electrons. The van der Waals surface area contributed by atoms with Crippen molar-refractivity contribution in [1.29, 1.82) is 0 Å². The fourth-order valence-electron chi connectivity index (χ4n) is 17.5. The minimum Gasteiger partial charge on any atom is -0.388 e. The molecule has 1 fully saturated rings. The summed E-state index contributed by atoms with van der Waals surface area (Å²) in [4.78, 5) is 56.8. The fourth-order valence-corrected chi connectivity index (χ4v) is 19.6. The van der Waals surface area contributed by atoms with Crippen molar-refractivity contribution >= 4 is 62.6 Å². The number of thiazole rings is 2. The number of aryl methyl sites for hydroxylation is 7. The highest BCUT2D eigenvalue weighted by Gasteiger charge is 2.38. The number of H-pyrrole nitrogens is 1. The van der Waals surface area contributed by atoms with Gasteiger partial charge in [0, 0.05) is 103 Å². The average molecular weight is 1980 g/mol. The number of hydrogen-bond acceptors (Lipinski definition) is 22. The summed E-state index contributed by atoms with van der Waals surface area (Å²) in [6, 6.07) is 38.8. The third-order valence-electron chi connectivity index (χ3n) is 25.6. The number of aliphatic hydroxyl groups is 1. The van der Waals surface area contributed by atoms with Crippen molar-refractivity contribution in [2.45, 2.75) is 329 Å². The van der Waals surface area contributed by atoms with Gasteiger partial charge in [0.05, 0.1) is 74.1 Å². The molecule has 14 heterocycles. The Morgan fingerprint density at radius 3 is 1.93 bits per heavy atom. The lowest BCUT2D eigenvalue weighted by atomic mass is 9.69. The van der Waals surface area contributed by atoms with Crippen LogP contribution in [0.15, 0.2) is 206 Å². The van der Waals surface area contributed by atoms with E-state index >= 15 is 0 Å². The first kappa shape index (κ1) is 110. The highest BCUT2D eigenvalue weighted by molar-refractivity contribution is 7.15. The quantitative estimate of drug-likeness (QED) is 0.150. The van der Waals surface area contributed by atoms with Crippen molar-refractivity contribution in [3.8, 4) is 44.1 Å². The molecule has 0 bridgehead atoms. The highest BCUT2D eigenvalue weighted by atomic mass is 32.1. The van der Waals surface area contributed by atoms with E-state index in [-0.39, 0.29) is 73.1 Å². The second-order valence-electron chi connectivity index (χ2n) is 46.3. The molecule has 28 heteroatoms. The molecule has 2 aliphatic heterocycles. The van der Waals surface area contributed by atoms with Gasteiger partial charge in [-0.05, 0) is 236 Å². The highest BCUT2D eigenvalue weighted by Crippen LogP contribution is 2.46. The van der Waals surface area contributed by atoms with Crippen LogP contribution in [0.1, 0.15) is 327 Å². The van der Waals surface area contributed by atoms with E-state index in [0.29, 0.717) is 52.0 Å². The minimum atomic E-state index is -0.282. The lowest BCUT2D eigenvalue weighted by Crippen LogP contribution is -2.31. The van der Waals surface area contributed by atoms with Crippen molar-refractivity contribution in [1.82, 2.24) is 79.1 Å². The maximum Gasteiger partial charge on any atom is 0.282 e. The monoisotopic (exact) mass is 1980 g/mol. The van der Waals surface area contributed by atoms with Crippen LogP contribution in [-0.2, 0) is 56.5 Å². The van der Waals surface area contributed by atoms with Gasteiger partial charge >= 0.3 is 0 Å². The SMILES string of the molecule is CC(C)(C)C1CCc2ccccc2C1O.CC(C)(C)C1N=CN=C2N=NC=C21.CC(C)(C)c1ccn(C2CCCC2=O)n1.CC(C)(C)c1nccc(-c2cc3c(F)cccc3[nH]2)n1.CC(C)C1CCCc2nc(-c3ccc(F)cc3)sc21.CCc1ccn2ccc(C(C)(C)C)c2c1.Cc1ccc2c(C(C)(C)C)cnn2c1.Cc1nc(-c2cnc(C)s2)cc(C(C)(C)C)n1.Cc1noc(-c2nonc2C(C)(C)C)n1. The van der Waals surface area contributed by atoms with E-state index in [1.54, 1.807) is 60.5 Å². The van der Waals surface area contributed by atoms with Gasteiger partial charge in [0.1, 0.15) is 46.4 Å². The summed E-state index contributed by atoms with van der Waals surface area (Å²) in [7, 11) is 0. The number of carbonyl (C=O) groups is 1. The number of hydrogen-bond donors (Lipinski definition) is 2. The second kappa shape index (κ2) is 45.3. The molecule has 5 aliphatic rings. The van der Waals surface area contributed by atoms with E-state index in [4.69, 9.17) is 14.1 Å². The van der Waals surface area contributed by atoms with Gasteiger partial charge in [-0.1, -0.05) is 234 Å². The number of benzene rings is 3. The maximum atomic E-state index is 13.7. The zero-order chi connectivity index (χ0) is 104. The van der Waals surface area contributed by atoms with Gasteiger partial charge < -0.3 is 19.0 Å². The molecule has 0 saturated heterocycles. The number of aromatic nitrogens is 16. The molecule has 24 nitrogen and oxygen atoms in total. The molecule has 1 saturated carbocycles. The Kier molecular flexibility index (Phi) is 34.7. The van der Waals surface area contributed by atoms with Crippen molar-refractivity contribution in [2.24, 2.45) is 42.9 Å². The molecule has 3 aliphatic carbocycles. The van der Waals surface area contributed by atoms with Gasteiger partial charge in [-0.3, -0.25) is 14.5 Å². The summed E-state index contributed by atoms with van der Waals surface area (Å²) in [6.07, 6.45) is 26.5. The largest absolute Gasteiger partial charge is 0.388 e. The molecule has 3 aromatic carbocycles. The van der Waals surface area contributed by atoms with E-state index in [1.165, 1.54) is 80.5 Å². The van der Waals surface area contributed by atoms with Gasteiger partial charge in [0.2, 0.25) is 0 Å². The first-order chi connectivity index (χ1) is 67.0. The summed E-state index contributed by atoms with van der Waals surface area (Å²) in [5.41, 5.74) is 20.9. The first-order valence-electron chi connectivity index (χ1n) is 49.9. The molecule has 758 valence electrons. The Hall–Kier alpha value is -12.3. The number of azo groups is 1. The molecule has 0 spiro atoms. The number of amidine groups is 1. The van der Waals surface area contributed by atoms with Gasteiger partial charge in [-0.2, -0.15) is 20.3 Å². The molecule has 12 aromatic heterocycles. The summed E-state index contributed by atoms with van der Waals surface area (Å²) in [5, 5.41) is 41.0. The number of aliphatic hydroxyl groups excluding tert-OH is 1. The van der Waals surface area contributed by atoms with Crippen LogP contribution in [-0.4, -0.2) is 108 Å². The van der Waals surface area contributed by atoms with Crippen LogP contribution in [0.3, 0.4) is 0 Å². The molecule has 15 aromatic rings. The van der Waals surface area contributed by atoms with Crippen molar-refractivity contribution in [2.75, 3.05) is 0 Å². The number of Topliss-reactive ketones (excluding diaryl/α,β-unsaturated/α-hetero) is 1. The Labute approximate surface area is 851 Å². The van der Waals surface area contributed by atoms with Crippen molar-refractivity contribution < 1.29 is 27.8 Å². The number of aromatic amines is 1. The van der Waals surface area contributed by atoms with Crippen LogP contribution in [0.2, 0.25) is 0 Å². The molecule has 5 atom stereocenters. The minimum absolute atomic E-state index is 0.00102. The third kappa shape index (κ3) is 28.5. The van der Waals surface area contributed by atoms with Crippen LogP contribution >= 0.6 is 22.7 Å². The number of rotatable bonds is 7. The summed E-state index contributed by atoms with van der Waals surface area (Å²) >= 11 is 3.46. The van der Waals surface area contributed by atoms with E-state index < -0.39 is 0 Å². The lowest BCUT2D eigenvalue weighted by molar-refractivity contribution is -0.120. The average Bonchev–Trinajstić information content (AvgIpc) is 1.74. The van der Waals surface area contributed by atoms with E-state index in [9.17, 15) is 18.7 Å². The smallest absolute Gasteiger partial charge is 0.282 e. The first-order valence-corrected chi connectivity index (χ1v) is 51.5. The molecule has 143 heavy (non-hydrogen) atoms. The Balaban J connectivity index is 0.000000144. The third-order valence-corrected chi connectivity index (χ3v) is 27.8. The fraction of sp³-hybridized carbons (Fsp3) is 0.470. The number of ketones is 1. The number of fused-ring (bicyclic) bond motifs is 6. The number of nitrogens with zero attached hydrogens (tertiary/aromatic N) is 19. The Morgan fingerprint density at radius 2 is 1.31 bits per heavy atom. The number of halogens is 2. The number of aliphatic imine (C=N–C) groups is 2. The summed E-state index contributed by atoms with van der Waals surface area (Å²) in [6.45, 7) is 66.2. The summed E-state index contributed by atoms with van der Waals surface area (Å²) in [5.74, 6) is 4.83. The van der Waals surface area contributed by atoms with Gasteiger partial charge in [0.15, 0.2) is 23.1 Å². The van der Waals surface area contributed by atoms with Crippen LogP contribution in [0, 0.1) is 62.0 Å². The Morgan fingerprint density at radius 1 is 0.608 bits per heavy atom. The molecule has 2 N–H and O–H groups in total. The van der Waals surface area contributed by atoms with Gasteiger partial charge in [-0.15, -0.1) is 27.8 Å². The normalized spacial score (nSPS) is 16.7.